The van der Waals surface area contributed by atoms with Crippen LogP contribution in [0.5, 0.6) is 0 Å². The van der Waals surface area contributed by atoms with Gasteiger partial charge in [0.2, 0.25) is 5.91 Å². The number of nitrogens with one attached hydrogen (secondary N) is 1. The minimum Gasteiger partial charge on any atom is -0.358 e. The van der Waals surface area contributed by atoms with Crippen LogP contribution in [-0.2, 0) is 4.79 Å². The molecule has 1 fully saturated rings. The van der Waals surface area contributed by atoms with Gasteiger partial charge in [0.15, 0.2) is 0 Å². The zero-order chi connectivity index (χ0) is 18.0. The summed E-state index contributed by atoms with van der Waals surface area (Å²) in [5.41, 5.74) is 2.31. The summed E-state index contributed by atoms with van der Waals surface area (Å²) >= 11 is 0. The number of hydrogen-bond acceptors (Lipinski definition) is 2. The molecule has 1 aliphatic rings. The van der Waals surface area contributed by atoms with E-state index in [1.54, 1.807) is 0 Å². The quantitative estimate of drug-likeness (QED) is 0.915. The third kappa shape index (κ3) is 4.54. The Morgan fingerprint density at radius 1 is 1.28 bits per heavy atom. The summed E-state index contributed by atoms with van der Waals surface area (Å²) in [6.07, 6.45) is -2.57. The van der Waals surface area contributed by atoms with Gasteiger partial charge in [-0.2, -0.15) is 13.2 Å². The summed E-state index contributed by atoms with van der Waals surface area (Å²) in [7, 11) is 1.20. The van der Waals surface area contributed by atoms with Gasteiger partial charge in [-0.15, -0.1) is 0 Å². The molecule has 0 radical (unpaired) electrons. The van der Waals surface area contributed by atoms with Crippen LogP contribution >= 0.6 is 0 Å². The van der Waals surface area contributed by atoms with Crippen LogP contribution in [0.1, 0.15) is 24.5 Å². The first-order valence-corrected chi connectivity index (χ1v) is 8.42. The number of piperidine rings is 1. The van der Waals surface area contributed by atoms with E-state index < -0.39 is 18.6 Å². The molecular formula is C18H22F3N3O. The maximum Gasteiger partial charge on any atom is 0.406 e. The Bertz CT molecular complexity index is 699. The average molecular weight is 353 g/mol. The van der Waals surface area contributed by atoms with Crippen LogP contribution in [0.25, 0.3) is 10.9 Å². The third-order valence-corrected chi connectivity index (χ3v) is 4.78. The van der Waals surface area contributed by atoms with Gasteiger partial charge in [-0.3, -0.25) is 9.69 Å². The number of likely N-dealkylation sites (tertiary alicyclic amines) is 1. The van der Waals surface area contributed by atoms with E-state index >= 15 is 0 Å². The number of carbonyl (C=O) groups is 1. The molecular weight excluding hydrogens is 331 g/mol. The van der Waals surface area contributed by atoms with Crippen molar-refractivity contribution in [2.24, 2.45) is 0 Å². The van der Waals surface area contributed by atoms with E-state index in [0.717, 1.165) is 23.3 Å². The van der Waals surface area contributed by atoms with Crippen LogP contribution in [-0.4, -0.2) is 60.1 Å². The Kier molecular flexibility index (Phi) is 5.03. The first-order valence-electron chi connectivity index (χ1n) is 8.42. The van der Waals surface area contributed by atoms with Crippen LogP contribution < -0.4 is 0 Å². The lowest BCUT2D eigenvalue weighted by atomic mass is 9.93. The van der Waals surface area contributed by atoms with Crippen LogP contribution in [0.4, 0.5) is 13.2 Å². The topological polar surface area (TPSA) is 39.3 Å². The standard InChI is InChI=1S/C18H22F3N3O/c1-23(12-18(19,20)21)17(25)11-24-8-6-13(7-9-24)16-10-14-4-2-3-5-15(14)22-16/h2-5,10,13,22H,6-9,11-12H2,1H3. The van der Waals surface area contributed by atoms with Gasteiger partial charge in [0, 0.05) is 24.2 Å². The van der Waals surface area contributed by atoms with Crippen LogP contribution in [0, 0.1) is 0 Å². The Morgan fingerprint density at radius 2 is 1.96 bits per heavy atom. The molecule has 0 unspecified atom stereocenters. The Morgan fingerprint density at radius 3 is 2.60 bits per heavy atom. The van der Waals surface area contributed by atoms with Gasteiger partial charge in [0.25, 0.3) is 0 Å². The number of amides is 1. The number of aromatic amines is 1. The summed E-state index contributed by atoms with van der Waals surface area (Å²) in [5, 5.41) is 1.18. The second-order valence-corrected chi connectivity index (χ2v) is 6.73. The van der Waals surface area contributed by atoms with Crippen molar-refractivity contribution in [3.05, 3.63) is 36.0 Å². The number of likely N-dealkylation sites (N-methyl/N-ethyl adjacent to an activating group) is 1. The largest absolute Gasteiger partial charge is 0.406 e. The van der Waals surface area contributed by atoms with Crippen molar-refractivity contribution < 1.29 is 18.0 Å². The molecule has 136 valence electrons. The van der Waals surface area contributed by atoms with Gasteiger partial charge >= 0.3 is 6.18 Å². The van der Waals surface area contributed by atoms with Gasteiger partial charge in [-0.1, -0.05) is 18.2 Å². The number of carbonyl (C=O) groups excluding carboxylic acids is 1. The van der Waals surface area contributed by atoms with Gasteiger partial charge in [-0.25, -0.2) is 0 Å². The lowest BCUT2D eigenvalue weighted by Crippen LogP contribution is -2.44. The molecule has 1 aromatic carbocycles. The van der Waals surface area contributed by atoms with E-state index in [2.05, 4.69) is 17.1 Å². The summed E-state index contributed by atoms with van der Waals surface area (Å²) in [6.45, 7) is 0.278. The molecule has 7 heteroatoms. The molecule has 0 aliphatic carbocycles. The number of H-pyrrole nitrogens is 1. The van der Waals surface area contributed by atoms with Crippen molar-refractivity contribution in [3.63, 3.8) is 0 Å². The summed E-state index contributed by atoms with van der Waals surface area (Å²) in [4.78, 5) is 18.1. The molecule has 0 spiro atoms. The molecule has 25 heavy (non-hydrogen) atoms. The van der Waals surface area contributed by atoms with Crippen LogP contribution in [0.15, 0.2) is 30.3 Å². The molecule has 4 nitrogen and oxygen atoms in total. The summed E-state index contributed by atoms with van der Waals surface area (Å²) < 4.78 is 37.1. The lowest BCUT2D eigenvalue weighted by Gasteiger charge is -2.32. The van der Waals surface area contributed by atoms with Crippen molar-refractivity contribution in [2.45, 2.75) is 24.9 Å². The number of halogens is 3. The Labute approximate surface area is 144 Å². The van der Waals surface area contributed by atoms with Gasteiger partial charge < -0.3 is 9.88 Å². The maximum atomic E-state index is 12.4. The smallest absolute Gasteiger partial charge is 0.358 e. The summed E-state index contributed by atoms with van der Waals surface area (Å²) in [6, 6.07) is 10.3. The molecule has 1 aromatic heterocycles. The Balaban J connectivity index is 1.52. The molecule has 3 rings (SSSR count). The fourth-order valence-electron chi connectivity index (χ4n) is 3.39. The van der Waals surface area contributed by atoms with E-state index in [4.69, 9.17) is 0 Å². The highest BCUT2D eigenvalue weighted by Gasteiger charge is 2.32. The van der Waals surface area contributed by atoms with Crippen molar-refractivity contribution in [3.8, 4) is 0 Å². The number of rotatable bonds is 4. The predicted octanol–water partition coefficient (Wildman–Crippen LogP) is 3.37. The van der Waals surface area contributed by atoms with E-state index in [1.165, 1.54) is 18.1 Å². The highest BCUT2D eigenvalue weighted by Crippen LogP contribution is 2.29. The summed E-state index contributed by atoms with van der Waals surface area (Å²) in [5.74, 6) is -0.0898. The van der Waals surface area contributed by atoms with Crippen LogP contribution in [0.3, 0.4) is 0 Å². The minimum absolute atomic E-state index is 0.0476. The SMILES string of the molecule is CN(CC(F)(F)F)C(=O)CN1CCC(c2cc3ccccc3[nH]2)CC1. The number of fused-ring (bicyclic) bond motifs is 1. The monoisotopic (exact) mass is 353 g/mol. The third-order valence-electron chi connectivity index (χ3n) is 4.78. The predicted molar refractivity (Wildman–Crippen MR) is 90.4 cm³/mol. The molecule has 0 saturated carbocycles. The maximum absolute atomic E-state index is 12.4. The van der Waals surface area contributed by atoms with Crippen LogP contribution in [0.2, 0.25) is 0 Å². The highest BCUT2D eigenvalue weighted by molar-refractivity contribution is 5.80. The molecule has 0 atom stereocenters. The van der Waals surface area contributed by atoms with Crippen molar-refractivity contribution in [2.75, 3.05) is 33.2 Å². The van der Waals surface area contributed by atoms with Gasteiger partial charge in [0.05, 0.1) is 6.54 Å². The molecule has 2 aromatic rings. The van der Waals surface area contributed by atoms with E-state index in [9.17, 15) is 18.0 Å². The molecule has 0 bridgehead atoms. The zero-order valence-corrected chi connectivity index (χ0v) is 14.1. The van der Waals surface area contributed by atoms with E-state index in [0.29, 0.717) is 19.0 Å². The molecule has 1 aliphatic heterocycles. The molecule has 1 amide bonds. The average Bonchev–Trinajstić information content (AvgIpc) is 2.98. The van der Waals surface area contributed by atoms with Gasteiger partial charge in [0.1, 0.15) is 6.54 Å². The molecule has 1 saturated heterocycles. The number of aromatic nitrogens is 1. The van der Waals surface area contributed by atoms with Crippen molar-refractivity contribution in [1.82, 2.24) is 14.8 Å². The van der Waals surface area contributed by atoms with E-state index in [-0.39, 0.29) is 6.54 Å². The molecule has 1 N–H and O–H groups in total. The number of alkyl halides is 3. The second kappa shape index (κ2) is 7.07. The number of hydrogen-bond donors (Lipinski definition) is 1. The first kappa shape index (κ1) is 17.8. The Hall–Kier alpha value is -2.02. The highest BCUT2D eigenvalue weighted by atomic mass is 19.4. The molecule has 2 heterocycles. The minimum atomic E-state index is -4.35. The number of nitrogens with zero attached hydrogens (tertiary/aromatic N) is 2. The second-order valence-electron chi connectivity index (χ2n) is 6.73. The van der Waals surface area contributed by atoms with Crippen molar-refractivity contribution in [1.29, 1.82) is 0 Å². The van der Waals surface area contributed by atoms with Crippen molar-refractivity contribution >= 4 is 16.8 Å². The fourth-order valence-corrected chi connectivity index (χ4v) is 3.39. The number of para-hydroxylation sites is 1. The number of benzene rings is 1. The zero-order valence-electron chi connectivity index (χ0n) is 14.1. The lowest BCUT2D eigenvalue weighted by molar-refractivity contribution is -0.159. The fraction of sp³-hybridized carbons (Fsp3) is 0.500. The van der Waals surface area contributed by atoms with E-state index in [1.807, 2.05) is 23.1 Å². The first-order chi connectivity index (χ1) is 11.8. The normalized spacial score (nSPS) is 17.1. The van der Waals surface area contributed by atoms with Gasteiger partial charge in [-0.05, 0) is 43.5 Å².